The van der Waals surface area contributed by atoms with Crippen molar-refractivity contribution in [2.24, 2.45) is 5.73 Å². The highest BCUT2D eigenvalue weighted by Crippen LogP contribution is 2.36. The van der Waals surface area contributed by atoms with Crippen LogP contribution in [-0.2, 0) is 27.4 Å². The molecule has 15 heteroatoms. The van der Waals surface area contributed by atoms with Crippen LogP contribution < -0.4 is 20.7 Å². The number of amides is 2. The largest absolute Gasteiger partial charge is 0.416 e. The van der Waals surface area contributed by atoms with Crippen LogP contribution in [-0.4, -0.2) is 43.8 Å². The molecule has 0 bridgehead atoms. The molecule has 4 rings (SSSR count). The van der Waals surface area contributed by atoms with Gasteiger partial charge in [0.15, 0.2) is 0 Å². The number of sulfonamides is 1. The average Bonchev–Trinajstić information content (AvgIpc) is 2.87. The molecule has 2 amide bonds. The molecule has 0 spiro atoms. The molecule has 4 N–H and O–H groups in total. The monoisotopic (exact) mass is 615 g/mol. The summed E-state index contributed by atoms with van der Waals surface area (Å²) >= 11 is 12.2. The number of nitrogens with one attached hydrogen (secondary N) is 2. The summed E-state index contributed by atoms with van der Waals surface area (Å²) in [5.74, 6) is -1.24. The van der Waals surface area contributed by atoms with Gasteiger partial charge in [-0.3, -0.25) is 18.9 Å². The molecule has 0 radical (unpaired) electrons. The van der Waals surface area contributed by atoms with Crippen molar-refractivity contribution in [3.05, 3.63) is 81.6 Å². The van der Waals surface area contributed by atoms with Crippen molar-refractivity contribution in [3.63, 3.8) is 0 Å². The van der Waals surface area contributed by atoms with Gasteiger partial charge in [0.25, 0.3) is 15.9 Å². The molecule has 0 fully saturated rings. The number of fused-ring (bicyclic) bond motifs is 1. The SMILES string of the molecule is C[C@H](N)C(=O)N[C@H]1Cc2ncc(NC(=O)c3c(Cl)cccc3Cl)cc2N(S(=O)(=O)c2cccc(C(F)(F)F)c2)C1. The number of pyridine rings is 1. The summed E-state index contributed by atoms with van der Waals surface area (Å²) in [5, 5.41) is 5.36. The highest BCUT2D eigenvalue weighted by Gasteiger charge is 2.37. The molecule has 2 aromatic carbocycles. The van der Waals surface area contributed by atoms with Gasteiger partial charge >= 0.3 is 6.18 Å². The lowest BCUT2D eigenvalue weighted by Crippen LogP contribution is -2.53. The Morgan fingerprint density at radius 1 is 1.12 bits per heavy atom. The Bertz CT molecular complexity index is 1560. The highest BCUT2D eigenvalue weighted by atomic mass is 35.5. The fourth-order valence-corrected chi connectivity index (χ4v) is 6.19. The standard InChI is InChI=1S/C25H22Cl2F3N5O4S/c1-13(31)23(36)34-16-9-20-21(10-15(11-32-20)33-24(37)22-18(26)6-3-7-19(22)27)35(12-16)40(38,39)17-5-2-4-14(8-17)25(28,29)30/h2-8,10-11,13,16H,9,12,31H2,1H3,(H,33,37)(H,34,36)/t13-,16-/m0/s1. The molecule has 9 nitrogen and oxygen atoms in total. The number of carbonyl (C=O) groups excluding carboxylic acids is 2. The molecule has 2 atom stereocenters. The predicted octanol–water partition coefficient (Wildman–Crippen LogP) is 4.24. The number of carbonyl (C=O) groups is 2. The normalized spacial score (nSPS) is 16.2. The first kappa shape index (κ1) is 29.6. The van der Waals surface area contributed by atoms with Gasteiger partial charge in [-0.2, -0.15) is 13.2 Å². The first-order valence-electron chi connectivity index (χ1n) is 11.7. The second-order valence-corrected chi connectivity index (χ2v) is 11.7. The smallest absolute Gasteiger partial charge is 0.350 e. The summed E-state index contributed by atoms with van der Waals surface area (Å²) in [4.78, 5) is 28.8. The van der Waals surface area contributed by atoms with Gasteiger partial charge in [-0.15, -0.1) is 0 Å². The van der Waals surface area contributed by atoms with Gasteiger partial charge in [0, 0.05) is 6.42 Å². The van der Waals surface area contributed by atoms with Crippen LogP contribution in [0.5, 0.6) is 0 Å². The lowest BCUT2D eigenvalue weighted by atomic mass is 10.0. The van der Waals surface area contributed by atoms with Gasteiger partial charge in [-0.25, -0.2) is 8.42 Å². The Morgan fingerprint density at radius 2 is 1.77 bits per heavy atom. The minimum Gasteiger partial charge on any atom is -0.350 e. The Hall–Kier alpha value is -3.39. The minimum absolute atomic E-state index is 0.00626. The lowest BCUT2D eigenvalue weighted by molar-refractivity contribution is -0.137. The summed E-state index contributed by atoms with van der Waals surface area (Å²) < 4.78 is 68.3. The third kappa shape index (κ3) is 6.17. The predicted molar refractivity (Wildman–Crippen MR) is 144 cm³/mol. The maximum absolute atomic E-state index is 13.7. The molecule has 0 saturated heterocycles. The molecule has 1 aromatic heterocycles. The number of hydrogen-bond donors (Lipinski definition) is 3. The summed E-state index contributed by atoms with van der Waals surface area (Å²) in [7, 11) is -4.60. The average molecular weight is 616 g/mol. The quantitative estimate of drug-likeness (QED) is 0.380. The number of nitrogens with zero attached hydrogens (tertiary/aromatic N) is 2. The molecule has 2 heterocycles. The number of rotatable bonds is 6. The Kier molecular flexibility index (Phi) is 8.31. The van der Waals surface area contributed by atoms with Gasteiger partial charge in [0.2, 0.25) is 5.91 Å². The van der Waals surface area contributed by atoms with Crippen molar-refractivity contribution in [2.45, 2.75) is 36.5 Å². The number of hydrogen-bond acceptors (Lipinski definition) is 6. The van der Waals surface area contributed by atoms with Crippen molar-refractivity contribution < 1.29 is 31.2 Å². The summed E-state index contributed by atoms with van der Waals surface area (Å²) in [6.07, 6.45) is -3.42. The van der Waals surface area contributed by atoms with Crippen molar-refractivity contribution in [2.75, 3.05) is 16.2 Å². The number of benzene rings is 2. The van der Waals surface area contributed by atoms with Gasteiger partial charge < -0.3 is 16.4 Å². The molecule has 0 unspecified atom stereocenters. The van der Waals surface area contributed by atoms with Crippen LogP contribution in [0.1, 0.15) is 28.5 Å². The number of halogens is 5. The fraction of sp³-hybridized carbons (Fsp3) is 0.240. The van der Waals surface area contributed by atoms with Crippen LogP contribution in [0.4, 0.5) is 24.5 Å². The van der Waals surface area contributed by atoms with Crippen LogP contribution in [0.2, 0.25) is 10.0 Å². The fourth-order valence-electron chi connectivity index (χ4n) is 4.04. The van der Waals surface area contributed by atoms with E-state index in [1.807, 2.05) is 0 Å². The molecule has 212 valence electrons. The van der Waals surface area contributed by atoms with E-state index in [2.05, 4.69) is 15.6 Å². The Morgan fingerprint density at radius 3 is 2.40 bits per heavy atom. The maximum Gasteiger partial charge on any atom is 0.416 e. The van der Waals surface area contributed by atoms with E-state index >= 15 is 0 Å². The van der Waals surface area contributed by atoms with Crippen molar-refractivity contribution in [1.82, 2.24) is 10.3 Å². The van der Waals surface area contributed by atoms with Gasteiger partial charge in [-0.05, 0) is 43.3 Å². The second kappa shape index (κ2) is 11.2. The van der Waals surface area contributed by atoms with E-state index in [9.17, 15) is 31.2 Å². The molecule has 1 aliphatic rings. The van der Waals surface area contributed by atoms with E-state index in [1.54, 1.807) is 6.07 Å². The van der Waals surface area contributed by atoms with Gasteiger partial charge in [0.05, 0.1) is 68.0 Å². The third-order valence-corrected chi connectivity index (χ3v) is 8.40. The van der Waals surface area contributed by atoms with Crippen molar-refractivity contribution in [1.29, 1.82) is 0 Å². The molecule has 3 aromatic rings. The topological polar surface area (TPSA) is 134 Å². The van der Waals surface area contributed by atoms with E-state index < -0.39 is 50.6 Å². The minimum atomic E-state index is -4.78. The molecule has 40 heavy (non-hydrogen) atoms. The number of anilines is 2. The van der Waals surface area contributed by atoms with Crippen LogP contribution in [0.3, 0.4) is 0 Å². The summed E-state index contributed by atoms with van der Waals surface area (Å²) in [6, 6.07) is 7.42. The van der Waals surface area contributed by atoms with E-state index in [1.165, 1.54) is 31.3 Å². The summed E-state index contributed by atoms with van der Waals surface area (Å²) in [5.41, 5.74) is 4.75. The highest BCUT2D eigenvalue weighted by molar-refractivity contribution is 7.92. The Balaban J connectivity index is 1.76. The van der Waals surface area contributed by atoms with E-state index in [4.69, 9.17) is 28.9 Å². The first-order chi connectivity index (χ1) is 18.7. The lowest BCUT2D eigenvalue weighted by Gasteiger charge is -2.35. The van der Waals surface area contributed by atoms with Crippen LogP contribution in [0.15, 0.2) is 59.6 Å². The van der Waals surface area contributed by atoms with Gasteiger partial charge in [-0.1, -0.05) is 35.3 Å². The third-order valence-electron chi connectivity index (χ3n) is 6.00. The first-order valence-corrected chi connectivity index (χ1v) is 13.9. The molecular weight excluding hydrogens is 594 g/mol. The molecule has 0 saturated carbocycles. The Labute approximate surface area is 237 Å². The number of aromatic nitrogens is 1. The second-order valence-electron chi connectivity index (χ2n) is 9.00. The molecule has 0 aliphatic carbocycles. The molecule has 1 aliphatic heterocycles. The maximum atomic E-state index is 13.7. The number of alkyl halides is 3. The summed E-state index contributed by atoms with van der Waals surface area (Å²) in [6.45, 7) is 1.11. The number of nitrogens with two attached hydrogens (primary N) is 1. The van der Waals surface area contributed by atoms with E-state index in [0.717, 1.165) is 22.5 Å². The zero-order valence-corrected chi connectivity index (χ0v) is 23.0. The molecular formula is C25H22Cl2F3N5O4S. The van der Waals surface area contributed by atoms with Gasteiger partial charge in [0.1, 0.15) is 0 Å². The van der Waals surface area contributed by atoms with Crippen molar-refractivity contribution in [3.8, 4) is 0 Å². The zero-order valence-electron chi connectivity index (χ0n) is 20.7. The van der Waals surface area contributed by atoms with Crippen molar-refractivity contribution >= 4 is 56.4 Å². The van der Waals surface area contributed by atoms with Crippen LogP contribution in [0.25, 0.3) is 0 Å². The zero-order chi connectivity index (χ0) is 29.4. The van der Waals surface area contributed by atoms with E-state index in [0.29, 0.717) is 6.07 Å². The van der Waals surface area contributed by atoms with E-state index in [-0.39, 0.29) is 45.6 Å². The van der Waals surface area contributed by atoms with Crippen LogP contribution in [0, 0.1) is 0 Å². The van der Waals surface area contributed by atoms with Crippen LogP contribution >= 0.6 is 23.2 Å².